The van der Waals surface area contributed by atoms with Crippen LogP contribution in [0.1, 0.15) is 18.4 Å². The number of anilines is 1. The third-order valence-corrected chi connectivity index (χ3v) is 6.49. The maximum Gasteiger partial charge on any atom is 0.261 e. The maximum absolute atomic E-state index is 13.1. The van der Waals surface area contributed by atoms with Crippen LogP contribution in [-0.4, -0.2) is 31.0 Å². The molecule has 4 aromatic rings. The van der Waals surface area contributed by atoms with Crippen molar-refractivity contribution in [2.45, 2.75) is 19.4 Å². The first-order chi connectivity index (χ1) is 18.4. The van der Waals surface area contributed by atoms with Gasteiger partial charge in [0.05, 0.1) is 19.7 Å². The number of hydrogen-bond acceptors (Lipinski definition) is 6. The van der Waals surface area contributed by atoms with E-state index >= 15 is 0 Å². The molecule has 8 nitrogen and oxygen atoms in total. The van der Waals surface area contributed by atoms with Crippen molar-refractivity contribution < 1.29 is 28.2 Å². The minimum absolute atomic E-state index is 0.220. The lowest BCUT2D eigenvalue weighted by Gasteiger charge is -2.17. The number of carbonyl (C=O) groups excluding carboxylic acids is 2. The Hall–Kier alpha value is -4.66. The molecule has 2 amide bonds. The smallest absolute Gasteiger partial charge is 0.261 e. The van der Waals surface area contributed by atoms with E-state index in [1.807, 2.05) is 24.3 Å². The largest absolute Gasteiger partial charge is 0.489 e. The number of carbonyl (C=O) groups is 2. The van der Waals surface area contributed by atoms with Gasteiger partial charge in [0.15, 0.2) is 5.75 Å². The quantitative estimate of drug-likeness (QED) is 0.297. The number of nitrogens with one attached hydrogen (secondary N) is 2. The molecule has 0 bridgehead atoms. The molecule has 1 saturated carbocycles. The molecule has 1 heterocycles. The van der Waals surface area contributed by atoms with Crippen molar-refractivity contribution in [3.8, 4) is 23.1 Å². The van der Waals surface area contributed by atoms with Crippen LogP contribution in [0, 0.1) is 11.2 Å². The Balaban J connectivity index is 1.27. The molecule has 1 aliphatic rings. The third kappa shape index (κ3) is 4.95. The Morgan fingerprint density at radius 1 is 0.895 bits per heavy atom. The van der Waals surface area contributed by atoms with Crippen LogP contribution in [0.15, 0.2) is 72.8 Å². The van der Waals surface area contributed by atoms with Crippen LogP contribution in [-0.2, 0) is 16.1 Å². The van der Waals surface area contributed by atoms with Crippen LogP contribution in [0.2, 0.25) is 0 Å². The fourth-order valence-electron chi connectivity index (χ4n) is 4.17. The van der Waals surface area contributed by atoms with E-state index in [1.165, 1.54) is 26.4 Å². The highest BCUT2D eigenvalue weighted by Crippen LogP contribution is 2.47. The molecule has 0 aliphatic heterocycles. The molecule has 194 valence electrons. The van der Waals surface area contributed by atoms with Crippen molar-refractivity contribution in [2.24, 2.45) is 5.41 Å². The zero-order chi connectivity index (χ0) is 26.7. The topological polar surface area (TPSA) is 98.8 Å². The second kappa shape index (κ2) is 10.4. The molecule has 0 saturated heterocycles. The summed E-state index contributed by atoms with van der Waals surface area (Å²) in [7, 11) is 3.03. The number of para-hydroxylation sites is 1. The molecular formula is C29H26FN3O5. The number of hydrogen-bond donors (Lipinski definition) is 2. The molecule has 1 aromatic heterocycles. The summed E-state index contributed by atoms with van der Waals surface area (Å²) < 4.78 is 30.2. The first-order valence-corrected chi connectivity index (χ1v) is 12.1. The SMILES string of the molecule is COc1nc2ccccc2c(Oc2ccc(NC(=O)C3(C(=O)NCc4ccc(F)cc4)CC3)cc2)c1OC. The van der Waals surface area contributed by atoms with Crippen LogP contribution >= 0.6 is 0 Å². The van der Waals surface area contributed by atoms with E-state index in [1.54, 1.807) is 36.4 Å². The highest BCUT2D eigenvalue weighted by molar-refractivity contribution is 6.13. The van der Waals surface area contributed by atoms with E-state index in [-0.39, 0.29) is 24.2 Å². The van der Waals surface area contributed by atoms with Gasteiger partial charge in [-0.3, -0.25) is 9.59 Å². The van der Waals surface area contributed by atoms with Crippen LogP contribution < -0.4 is 24.8 Å². The van der Waals surface area contributed by atoms with Gasteiger partial charge < -0.3 is 24.8 Å². The molecule has 0 spiro atoms. The maximum atomic E-state index is 13.1. The summed E-state index contributed by atoms with van der Waals surface area (Å²) in [6.07, 6.45) is 0.929. The van der Waals surface area contributed by atoms with E-state index < -0.39 is 5.41 Å². The van der Waals surface area contributed by atoms with E-state index in [9.17, 15) is 14.0 Å². The van der Waals surface area contributed by atoms with Crippen molar-refractivity contribution in [2.75, 3.05) is 19.5 Å². The Labute approximate surface area is 218 Å². The van der Waals surface area contributed by atoms with Gasteiger partial charge in [0.1, 0.15) is 17.0 Å². The number of nitrogens with zero attached hydrogens (tertiary/aromatic N) is 1. The van der Waals surface area contributed by atoms with Crippen molar-refractivity contribution in [1.82, 2.24) is 10.3 Å². The molecular weight excluding hydrogens is 489 g/mol. The zero-order valence-electron chi connectivity index (χ0n) is 20.9. The summed E-state index contributed by atoms with van der Waals surface area (Å²) in [4.78, 5) is 30.2. The minimum atomic E-state index is -1.10. The molecule has 3 aromatic carbocycles. The Morgan fingerprint density at radius 2 is 1.61 bits per heavy atom. The lowest BCUT2D eigenvalue weighted by Crippen LogP contribution is -2.39. The van der Waals surface area contributed by atoms with E-state index in [4.69, 9.17) is 14.2 Å². The number of aromatic nitrogens is 1. The average Bonchev–Trinajstić information content (AvgIpc) is 3.76. The molecule has 9 heteroatoms. The predicted octanol–water partition coefficient (Wildman–Crippen LogP) is 5.22. The number of methoxy groups -OCH3 is 2. The van der Waals surface area contributed by atoms with Crippen molar-refractivity contribution in [1.29, 1.82) is 0 Å². The number of fused-ring (bicyclic) bond motifs is 1. The van der Waals surface area contributed by atoms with Gasteiger partial charge in [-0.2, -0.15) is 0 Å². The molecule has 1 aliphatic carbocycles. The van der Waals surface area contributed by atoms with Crippen LogP contribution in [0.3, 0.4) is 0 Å². The number of amides is 2. The first-order valence-electron chi connectivity index (χ1n) is 12.1. The lowest BCUT2D eigenvalue weighted by molar-refractivity contribution is -0.134. The minimum Gasteiger partial charge on any atom is -0.489 e. The summed E-state index contributed by atoms with van der Waals surface area (Å²) >= 11 is 0. The fraction of sp³-hybridized carbons (Fsp3) is 0.207. The summed E-state index contributed by atoms with van der Waals surface area (Å²) in [6.45, 7) is 0.220. The predicted molar refractivity (Wildman–Crippen MR) is 140 cm³/mol. The van der Waals surface area contributed by atoms with Gasteiger partial charge in [-0.05, 0) is 66.9 Å². The van der Waals surface area contributed by atoms with Gasteiger partial charge in [-0.1, -0.05) is 24.3 Å². The summed E-state index contributed by atoms with van der Waals surface area (Å²) in [5.41, 5.74) is 0.873. The summed E-state index contributed by atoms with van der Waals surface area (Å²) in [5.74, 6) is 0.588. The standard InChI is InChI=1S/C29H26FN3O5/c1-36-25-24(22-5-3-4-6-23(22)33-26(25)37-2)38-21-13-11-20(12-14-21)32-28(35)29(15-16-29)27(34)31-17-18-7-9-19(30)10-8-18/h3-14H,15-17H2,1-2H3,(H,31,34)(H,32,35). The molecule has 0 atom stereocenters. The molecule has 38 heavy (non-hydrogen) atoms. The lowest BCUT2D eigenvalue weighted by atomic mass is 10.0. The first kappa shape index (κ1) is 25.0. The zero-order valence-corrected chi connectivity index (χ0v) is 20.9. The van der Waals surface area contributed by atoms with Gasteiger partial charge in [-0.15, -0.1) is 0 Å². The van der Waals surface area contributed by atoms with Gasteiger partial charge >= 0.3 is 0 Å². The normalized spacial score (nSPS) is 13.4. The molecule has 0 radical (unpaired) electrons. The summed E-state index contributed by atoms with van der Waals surface area (Å²) in [6, 6.07) is 20.2. The molecule has 0 unspecified atom stereocenters. The Morgan fingerprint density at radius 3 is 2.26 bits per heavy atom. The third-order valence-electron chi connectivity index (χ3n) is 6.49. The van der Waals surface area contributed by atoms with Crippen molar-refractivity contribution >= 4 is 28.4 Å². The van der Waals surface area contributed by atoms with Gasteiger partial charge in [0, 0.05) is 17.6 Å². The van der Waals surface area contributed by atoms with Crippen LogP contribution in [0.25, 0.3) is 10.9 Å². The van der Waals surface area contributed by atoms with Crippen LogP contribution in [0.4, 0.5) is 10.1 Å². The highest BCUT2D eigenvalue weighted by Gasteiger charge is 2.56. The van der Waals surface area contributed by atoms with Crippen molar-refractivity contribution in [3.63, 3.8) is 0 Å². The van der Waals surface area contributed by atoms with Gasteiger partial charge in [0.2, 0.25) is 17.6 Å². The monoisotopic (exact) mass is 515 g/mol. The molecule has 1 fully saturated rings. The van der Waals surface area contributed by atoms with Gasteiger partial charge in [-0.25, -0.2) is 9.37 Å². The van der Waals surface area contributed by atoms with E-state index in [0.717, 1.165) is 10.9 Å². The average molecular weight is 516 g/mol. The van der Waals surface area contributed by atoms with Crippen molar-refractivity contribution in [3.05, 3.63) is 84.2 Å². The fourth-order valence-corrected chi connectivity index (χ4v) is 4.17. The second-order valence-electron chi connectivity index (χ2n) is 8.97. The number of halogens is 1. The Bertz CT molecular complexity index is 1490. The highest BCUT2D eigenvalue weighted by atomic mass is 19.1. The Kier molecular flexibility index (Phi) is 6.83. The van der Waals surface area contributed by atoms with E-state index in [0.29, 0.717) is 47.2 Å². The molecule has 2 N–H and O–H groups in total. The number of ether oxygens (including phenoxy) is 3. The number of rotatable bonds is 9. The summed E-state index contributed by atoms with van der Waals surface area (Å²) in [5, 5.41) is 6.38. The van der Waals surface area contributed by atoms with Gasteiger partial charge in [0.25, 0.3) is 5.88 Å². The molecule has 5 rings (SSSR count). The van der Waals surface area contributed by atoms with Crippen LogP contribution in [0.5, 0.6) is 23.1 Å². The number of benzene rings is 3. The second-order valence-corrected chi connectivity index (χ2v) is 8.97. The number of pyridine rings is 1. The van der Waals surface area contributed by atoms with E-state index in [2.05, 4.69) is 15.6 Å².